The Morgan fingerprint density at radius 3 is 1.62 bits per heavy atom. The molecule has 0 aromatic heterocycles. The molecule has 0 unspecified atom stereocenters. The third-order valence-electron chi connectivity index (χ3n) is 4.69. The number of rotatable bonds is 0. The fraction of sp³-hybridized carbons (Fsp3) is 0.833. The maximum Gasteiger partial charge on any atom is 0.249 e. The molecule has 4 heteroatoms. The Hall–Kier alpha value is -1.06. The number of amides is 2. The first-order valence-electron chi connectivity index (χ1n) is 6.14. The molecule has 4 nitrogen and oxygen atoms in total. The Kier molecular flexibility index (Phi) is 1.76. The van der Waals surface area contributed by atoms with Crippen LogP contribution in [0.4, 0.5) is 0 Å². The van der Waals surface area contributed by atoms with Crippen LogP contribution in [-0.2, 0) is 9.59 Å². The van der Waals surface area contributed by atoms with Gasteiger partial charge in [-0.3, -0.25) is 9.59 Å². The summed E-state index contributed by atoms with van der Waals surface area (Å²) in [6.45, 7) is 5.37. The summed E-state index contributed by atoms with van der Waals surface area (Å²) in [7, 11) is 0. The molecule has 2 amide bonds. The van der Waals surface area contributed by atoms with E-state index in [9.17, 15) is 9.59 Å². The second-order valence-corrected chi connectivity index (χ2v) is 5.67. The first-order valence-corrected chi connectivity index (χ1v) is 6.14. The van der Waals surface area contributed by atoms with E-state index < -0.39 is 11.1 Å². The Balaban J connectivity index is 2.09. The Morgan fingerprint density at radius 2 is 1.25 bits per heavy atom. The van der Waals surface area contributed by atoms with E-state index in [1.165, 1.54) is 0 Å². The van der Waals surface area contributed by atoms with E-state index in [2.05, 4.69) is 0 Å². The lowest BCUT2D eigenvalue weighted by atomic mass is 9.86. The topological polar surface area (TPSA) is 40.6 Å². The second-order valence-electron chi connectivity index (χ2n) is 5.67. The highest BCUT2D eigenvalue weighted by atomic mass is 16.2. The third kappa shape index (κ3) is 0.913. The summed E-state index contributed by atoms with van der Waals surface area (Å²) in [5.74, 6) is 0.342. The van der Waals surface area contributed by atoms with E-state index in [0.717, 1.165) is 38.8 Å². The van der Waals surface area contributed by atoms with E-state index >= 15 is 0 Å². The van der Waals surface area contributed by atoms with Crippen LogP contribution in [0.5, 0.6) is 0 Å². The molecule has 0 aromatic carbocycles. The first kappa shape index (κ1) is 10.1. The third-order valence-corrected chi connectivity index (χ3v) is 4.69. The number of carbonyl (C=O) groups is 2. The molecule has 3 heterocycles. The highest BCUT2D eigenvalue weighted by Gasteiger charge is 2.61. The Labute approximate surface area is 95.6 Å². The van der Waals surface area contributed by atoms with E-state index in [1.54, 1.807) is 0 Å². The number of fused-ring (bicyclic) bond motifs is 2. The number of hydrogen-bond donors (Lipinski definition) is 0. The Bertz CT molecular complexity index is 345. The van der Waals surface area contributed by atoms with Crippen molar-refractivity contribution in [1.82, 2.24) is 9.80 Å². The van der Waals surface area contributed by atoms with Crippen molar-refractivity contribution < 1.29 is 9.59 Å². The van der Waals surface area contributed by atoms with Gasteiger partial charge in [0.2, 0.25) is 11.8 Å². The first-order chi connectivity index (χ1) is 7.50. The summed E-state index contributed by atoms with van der Waals surface area (Å²) < 4.78 is 0. The molecule has 0 spiro atoms. The van der Waals surface area contributed by atoms with Crippen LogP contribution >= 0.6 is 0 Å². The monoisotopic (exact) mass is 222 g/mol. The maximum atomic E-state index is 12.5. The predicted molar refractivity (Wildman–Crippen MR) is 58.7 cm³/mol. The van der Waals surface area contributed by atoms with Gasteiger partial charge in [0.05, 0.1) is 0 Å². The van der Waals surface area contributed by atoms with Crippen molar-refractivity contribution in [3.05, 3.63) is 0 Å². The average Bonchev–Trinajstić information content (AvgIpc) is 2.81. The molecule has 16 heavy (non-hydrogen) atoms. The number of carbonyl (C=O) groups excluding carboxylic acids is 2. The van der Waals surface area contributed by atoms with Gasteiger partial charge >= 0.3 is 0 Å². The van der Waals surface area contributed by atoms with Crippen molar-refractivity contribution in [1.29, 1.82) is 0 Å². The minimum atomic E-state index is -0.541. The van der Waals surface area contributed by atoms with Gasteiger partial charge in [0, 0.05) is 13.1 Å². The molecule has 0 radical (unpaired) electrons. The molecule has 3 saturated heterocycles. The summed E-state index contributed by atoms with van der Waals surface area (Å²) in [6.07, 6.45) is 3.56. The minimum Gasteiger partial charge on any atom is -0.326 e. The van der Waals surface area contributed by atoms with Gasteiger partial charge in [-0.25, -0.2) is 0 Å². The van der Waals surface area contributed by atoms with Crippen molar-refractivity contribution in [2.24, 2.45) is 0 Å². The van der Waals surface area contributed by atoms with Crippen LogP contribution in [0.3, 0.4) is 0 Å². The normalized spacial score (nSPS) is 42.6. The molecule has 0 bridgehead atoms. The predicted octanol–water partition coefficient (Wildman–Crippen LogP) is 0.762. The van der Waals surface area contributed by atoms with Crippen molar-refractivity contribution in [2.45, 2.75) is 50.6 Å². The van der Waals surface area contributed by atoms with Gasteiger partial charge in [-0.15, -0.1) is 0 Å². The second kappa shape index (κ2) is 2.79. The molecule has 0 aliphatic carbocycles. The van der Waals surface area contributed by atoms with Crippen LogP contribution in [0.25, 0.3) is 0 Å². The molecule has 0 N–H and O–H groups in total. The van der Waals surface area contributed by atoms with E-state index in [0.29, 0.717) is 0 Å². The zero-order chi connectivity index (χ0) is 11.6. The van der Waals surface area contributed by atoms with Crippen molar-refractivity contribution in [2.75, 3.05) is 13.1 Å². The lowest BCUT2D eigenvalue weighted by Gasteiger charge is -2.50. The maximum absolute atomic E-state index is 12.5. The molecule has 88 valence electrons. The summed E-state index contributed by atoms with van der Waals surface area (Å²) >= 11 is 0. The SMILES string of the molecule is C[C@]12CCCN1C(=O)[C@@]1(C)CCCN1C2=O. The zero-order valence-electron chi connectivity index (χ0n) is 9.95. The summed E-state index contributed by atoms with van der Waals surface area (Å²) in [5, 5.41) is 0. The highest BCUT2D eigenvalue weighted by molar-refractivity contribution is 6.02. The average molecular weight is 222 g/mol. The quantitative estimate of drug-likeness (QED) is 0.607. The number of piperazine rings is 1. The molecule has 3 aliphatic heterocycles. The van der Waals surface area contributed by atoms with Gasteiger partial charge in [0.25, 0.3) is 0 Å². The lowest BCUT2D eigenvalue weighted by Crippen LogP contribution is -2.71. The molecular weight excluding hydrogens is 204 g/mol. The Morgan fingerprint density at radius 1 is 0.875 bits per heavy atom. The fourth-order valence-corrected chi connectivity index (χ4v) is 3.60. The largest absolute Gasteiger partial charge is 0.326 e. The number of nitrogens with zero attached hydrogens (tertiary/aromatic N) is 2. The van der Waals surface area contributed by atoms with Crippen LogP contribution in [0, 0.1) is 0 Å². The van der Waals surface area contributed by atoms with Gasteiger partial charge < -0.3 is 9.80 Å². The van der Waals surface area contributed by atoms with Crippen LogP contribution in [0.1, 0.15) is 39.5 Å². The van der Waals surface area contributed by atoms with Crippen molar-refractivity contribution >= 4 is 11.8 Å². The van der Waals surface area contributed by atoms with Crippen molar-refractivity contribution in [3.8, 4) is 0 Å². The van der Waals surface area contributed by atoms with Gasteiger partial charge in [-0.1, -0.05) is 0 Å². The summed E-state index contributed by atoms with van der Waals surface area (Å²) in [5.41, 5.74) is -1.08. The standard InChI is InChI=1S/C12H18N2O2/c1-11-5-3-7-13(11)10(16)12(2)6-4-8-14(12)9(11)15/h3-8H2,1-2H3/t11-,12-/m1/s1. The minimum absolute atomic E-state index is 0.171. The molecule has 2 atom stereocenters. The molecule has 3 rings (SSSR count). The van der Waals surface area contributed by atoms with Gasteiger partial charge in [-0.05, 0) is 39.5 Å². The van der Waals surface area contributed by atoms with Gasteiger partial charge in [-0.2, -0.15) is 0 Å². The fourth-order valence-electron chi connectivity index (χ4n) is 3.60. The summed E-state index contributed by atoms with van der Waals surface area (Å²) in [4.78, 5) is 28.6. The summed E-state index contributed by atoms with van der Waals surface area (Å²) in [6, 6.07) is 0. The molecule has 3 aliphatic rings. The highest BCUT2D eigenvalue weighted by Crippen LogP contribution is 2.44. The number of hydrogen-bond acceptors (Lipinski definition) is 2. The lowest BCUT2D eigenvalue weighted by molar-refractivity contribution is -0.171. The molecule has 0 aromatic rings. The van der Waals surface area contributed by atoms with Crippen LogP contribution in [0.15, 0.2) is 0 Å². The van der Waals surface area contributed by atoms with Crippen LogP contribution in [0.2, 0.25) is 0 Å². The smallest absolute Gasteiger partial charge is 0.249 e. The van der Waals surface area contributed by atoms with Gasteiger partial charge in [0.1, 0.15) is 11.1 Å². The van der Waals surface area contributed by atoms with Crippen LogP contribution < -0.4 is 0 Å². The van der Waals surface area contributed by atoms with Gasteiger partial charge in [0.15, 0.2) is 0 Å². The van der Waals surface area contributed by atoms with Crippen LogP contribution in [-0.4, -0.2) is 45.8 Å². The molecule has 3 fully saturated rings. The van der Waals surface area contributed by atoms with E-state index in [1.807, 2.05) is 23.6 Å². The van der Waals surface area contributed by atoms with E-state index in [4.69, 9.17) is 0 Å². The van der Waals surface area contributed by atoms with E-state index in [-0.39, 0.29) is 11.8 Å². The van der Waals surface area contributed by atoms with Crippen molar-refractivity contribution in [3.63, 3.8) is 0 Å². The molecular formula is C12H18N2O2. The zero-order valence-corrected chi connectivity index (χ0v) is 9.95. The molecule has 0 saturated carbocycles.